The van der Waals surface area contributed by atoms with E-state index in [1.165, 1.54) is 0 Å². The van der Waals surface area contributed by atoms with Crippen LogP contribution < -0.4 is 10.2 Å². The highest BCUT2D eigenvalue weighted by Crippen LogP contribution is 2.41. The SMILES string of the molecule is CONC1CCOc2c(Cl)ccc(Br)c21. The standard InChI is InChI=1S/C10H11BrClNO2/c1-14-13-8-4-5-15-10-7(12)3-2-6(11)9(8)10/h2-3,8,13H,4-5H2,1H3. The van der Waals surface area contributed by atoms with Crippen molar-refractivity contribution in [1.82, 2.24) is 5.48 Å². The molecule has 3 nitrogen and oxygen atoms in total. The molecule has 1 N–H and O–H groups in total. The minimum absolute atomic E-state index is 0.117. The molecule has 0 bridgehead atoms. The molecule has 1 atom stereocenters. The first-order chi connectivity index (χ1) is 7.24. The third kappa shape index (κ3) is 2.13. The van der Waals surface area contributed by atoms with Crippen LogP contribution in [0, 0.1) is 0 Å². The van der Waals surface area contributed by atoms with Crippen molar-refractivity contribution < 1.29 is 9.57 Å². The Morgan fingerprint density at radius 3 is 3.13 bits per heavy atom. The van der Waals surface area contributed by atoms with Gasteiger partial charge in [-0.1, -0.05) is 27.5 Å². The molecule has 2 rings (SSSR count). The summed E-state index contributed by atoms with van der Waals surface area (Å²) in [7, 11) is 1.60. The third-order valence-electron chi connectivity index (χ3n) is 2.36. The molecule has 0 amide bonds. The quantitative estimate of drug-likeness (QED) is 0.850. The van der Waals surface area contributed by atoms with Crippen LogP contribution in [0.3, 0.4) is 0 Å². The van der Waals surface area contributed by atoms with Gasteiger partial charge in [0.25, 0.3) is 0 Å². The second-order valence-electron chi connectivity index (χ2n) is 3.28. The van der Waals surface area contributed by atoms with Crippen LogP contribution in [0.15, 0.2) is 16.6 Å². The molecule has 0 saturated heterocycles. The molecule has 0 aliphatic carbocycles. The fourth-order valence-corrected chi connectivity index (χ4v) is 2.51. The van der Waals surface area contributed by atoms with Gasteiger partial charge >= 0.3 is 0 Å². The van der Waals surface area contributed by atoms with Gasteiger partial charge in [-0.25, -0.2) is 0 Å². The summed E-state index contributed by atoms with van der Waals surface area (Å²) in [6, 6.07) is 3.85. The number of halogens is 2. The lowest BCUT2D eigenvalue weighted by Gasteiger charge is -2.27. The molecule has 0 saturated carbocycles. The van der Waals surface area contributed by atoms with Gasteiger partial charge < -0.3 is 9.57 Å². The van der Waals surface area contributed by atoms with E-state index in [9.17, 15) is 0 Å². The lowest BCUT2D eigenvalue weighted by Crippen LogP contribution is -2.26. The fourth-order valence-electron chi connectivity index (χ4n) is 1.70. The largest absolute Gasteiger partial charge is 0.492 e. The van der Waals surface area contributed by atoms with E-state index in [1.54, 1.807) is 7.11 Å². The van der Waals surface area contributed by atoms with E-state index in [2.05, 4.69) is 21.4 Å². The van der Waals surface area contributed by atoms with E-state index in [0.29, 0.717) is 11.6 Å². The van der Waals surface area contributed by atoms with Gasteiger partial charge in [0.1, 0.15) is 5.75 Å². The number of hydrogen-bond donors (Lipinski definition) is 1. The van der Waals surface area contributed by atoms with Crippen molar-refractivity contribution in [3.8, 4) is 5.75 Å². The zero-order valence-electron chi connectivity index (χ0n) is 8.22. The van der Waals surface area contributed by atoms with Crippen LogP contribution in [0.4, 0.5) is 0 Å². The molecule has 0 aromatic heterocycles. The predicted octanol–water partition coefficient (Wildman–Crippen LogP) is 3.08. The van der Waals surface area contributed by atoms with Crippen molar-refractivity contribution >= 4 is 27.5 Å². The van der Waals surface area contributed by atoms with Gasteiger partial charge in [0.2, 0.25) is 0 Å². The maximum absolute atomic E-state index is 6.07. The zero-order chi connectivity index (χ0) is 10.8. The van der Waals surface area contributed by atoms with Gasteiger partial charge in [-0.15, -0.1) is 0 Å². The molecule has 15 heavy (non-hydrogen) atoms. The highest BCUT2D eigenvalue weighted by atomic mass is 79.9. The molecule has 1 aliphatic rings. The summed E-state index contributed by atoms with van der Waals surface area (Å²) in [5, 5.41) is 0.635. The summed E-state index contributed by atoms with van der Waals surface area (Å²) < 4.78 is 6.54. The summed E-state index contributed by atoms with van der Waals surface area (Å²) in [6.45, 7) is 0.643. The molecule has 0 fully saturated rings. The lowest BCUT2D eigenvalue weighted by atomic mass is 10.0. The van der Waals surface area contributed by atoms with E-state index in [4.69, 9.17) is 21.2 Å². The highest BCUT2D eigenvalue weighted by Gasteiger charge is 2.25. The first-order valence-electron chi connectivity index (χ1n) is 4.63. The number of hydroxylamine groups is 1. The van der Waals surface area contributed by atoms with Gasteiger partial charge in [-0.2, -0.15) is 5.48 Å². The Hall–Kier alpha value is -0.290. The minimum Gasteiger partial charge on any atom is -0.492 e. The highest BCUT2D eigenvalue weighted by molar-refractivity contribution is 9.10. The summed E-state index contributed by atoms with van der Waals surface area (Å²) in [5.41, 5.74) is 3.96. The molecular weight excluding hydrogens is 281 g/mol. The zero-order valence-corrected chi connectivity index (χ0v) is 10.6. The van der Waals surface area contributed by atoms with Gasteiger partial charge in [-0.05, 0) is 12.1 Å². The van der Waals surface area contributed by atoms with Gasteiger partial charge in [0.15, 0.2) is 0 Å². The topological polar surface area (TPSA) is 30.5 Å². The average molecular weight is 293 g/mol. The van der Waals surface area contributed by atoms with Crippen molar-refractivity contribution in [2.24, 2.45) is 0 Å². The molecule has 1 unspecified atom stereocenters. The maximum Gasteiger partial charge on any atom is 0.143 e. The van der Waals surface area contributed by atoms with Crippen LogP contribution in [0.5, 0.6) is 5.75 Å². The summed E-state index contributed by atoms with van der Waals surface area (Å²) in [6.07, 6.45) is 0.861. The number of rotatable bonds is 2. The predicted molar refractivity (Wildman–Crippen MR) is 62.1 cm³/mol. The molecule has 1 aliphatic heterocycles. The Morgan fingerprint density at radius 2 is 2.40 bits per heavy atom. The molecule has 1 aromatic rings. The van der Waals surface area contributed by atoms with E-state index < -0.39 is 0 Å². The molecule has 5 heteroatoms. The fraction of sp³-hybridized carbons (Fsp3) is 0.400. The van der Waals surface area contributed by atoms with Crippen molar-refractivity contribution in [3.63, 3.8) is 0 Å². The van der Waals surface area contributed by atoms with Crippen LogP contribution in [0.25, 0.3) is 0 Å². The Kier molecular flexibility index (Phi) is 3.51. The number of benzene rings is 1. The average Bonchev–Trinajstić information content (AvgIpc) is 2.24. The minimum atomic E-state index is 0.117. The van der Waals surface area contributed by atoms with Gasteiger partial charge in [0, 0.05) is 16.5 Å². The van der Waals surface area contributed by atoms with Crippen LogP contribution in [0.1, 0.15) is 18.0 Å². The smallest absolute Gasteiger partial charge is 0.143 e. The van der Waals surface area contributed by atoms with Crippen molar-refractivity contribution in [2.45, 2.75) is 12.5 Å². The number of nitrogens with one attached hydrogen (secondary N) is 1. The third-order valence-corrected chi connectivity index (χ3v) is 3.35. The first-order valence-corrected chi connectivity index (χ1v) is 5.80. The number of hydrogen-bond acceptors (Lipinski definition) is 3. The second-order valence-corrected chi connectivity index (χ2v) is 4.55. The molecular formula is C10H11BrClNO2. The van der Waals surface area contributed by atoms with Crippen molar-refractivity contribution in [1.29, 1.82) is 0 Å². The summed E-state index contributed by atoms with van der Waals surface area (Å²) in [5.74, 6) is 0.742. The Balaban J connectivity index is 2.45. The van der Waals surface area contributed by atoms with E-state index in [1.807, 2.05) is 12.1 Å². The Morgan fingerprint density at radius 1 is 1.60 bits per heavy atom. The van der Waals surface area contributed by atoms with Gasteiger partial charge in [-0.3, -0.25) is 0 Å². The van der Waals surface area contributed by atoms with Crippen LogP contribution in [-0.4, -0.2) is 13.7 Å². The molecule has 82 valence electrons. The van der Waals surface area contributed by atoms with Crippen LogP contribution in [-0.2, 0) is 4.84 Å². The maximum atomic E-state index is 6.07. The number of ether oxygens (including phenoxy) is 1. The second kappa shape index (κ2) is 4.70. The van der Waals surface area contributed by atoms with Crippen LogP contribution >= 0.6 is 27.5 Å². The summed E-state index contributed by atoms with van der Waals surface area (Å²) in [4.78, 5) is 4.96. The van der Waals surface area contributed by atoms with E-state index in [-0.39, 0.29) is 6.04 Å². The van der Waals surface area contributed by atoms with Crippen molar-refractivity contribution in [3.05, 3.63) is 27.2 Å². The summed E-state index contributed by atoms with van der Waals surface area (Å²) >= 11 is 9.56. The van der Waals surface area contributed by atoms with E-state index >= 15 is 0 Å². The lowest BCUT2D eigenvalue weighted by molar-refractivity contribution is 0.0460. The Labute approximate surface area is 102 Å². The van der Waals surface area contributed by atoms with Crippen molar-refractivity contribution in [2.75, 3.05) is 13.7 Å². The van der Waals surface area contributed by atoms with Crippen LogP contribution in [0.2, 0.25) is 5.02 Å². The molecule has 0 radical (unpaired) electrons. The molecule has 0 spiro atoms. The van der Waals surface area contributed by atoms with Gasteiger partial charge in [0.05, 0.1) is 24.8 Å². The number of fused-ring (bicyclic) bond motifs is 1. The van der Waals surface area contributed by atoms with E-state index in [0.717, 1.165) is 22.2 Å². The first kappa shape index (κ1) is 11.2. The Bertz CT molecular complexity index is 373. The monoisotopic (exact) mass is 291 g/mol. The molecule has 1 heterocycles. The molecule has 1 aromatic carbocycles. The normalized spacial score (nSPS) is 19.5.